The highest BCUT2D eigenvalue weighted by molar-refractivity contribution is 6.06. The molecule has 0 radical (unpaired) electrons. The lowest BCUT2D eigenvalue weighted by Gasteiger charge is -2.34. The van der Waals surface area contributed by atoms with Crippen LogP contribution < -0.4 is 14.8 Å². The van der Waals surface area contributed by atoms with Gasteiger partial charge in [-0.2, -0.15) is 5.10 Å². The average Bonchev–Trinajstić information content (AvgIpc) is 3.33. The van der Waals surface area contributed by atoms with Crippen LogP contribution in [0.3, 0.4) is 0 Å². The fourth-order valence-electron chi connectivity index (χ4n) is 4.58. The van der Waals surface area contributed by atoms with Crippen LogP contribution in [0, 0.1) is 6.92 Å². The molecule has 202 valence electrons. The van der Waals surface area contributed by atoms with E-state index in [0.29, 0.717) is 48.7 Å². The summed E-state index contributed by atoms with van der Waals surface area (Å²) in [4.78, 5) is 28.0. The van der Waals surface area contributed by atoms with Crippen LogP contribution in [0.2, 0.25) is 0 Å². The summed E-state index contributed by atoms with van der Waals surface area (Å²) in [7, 11) is 3.12. The second kappa shape index (κ2) is 11.2. The van der Waals surface area contributed by atoms with Gasteiger partial charge < -0.3 is 24.4 Å². The lowest BCUT2D eigenvalue weighted by atomic mass is 9.90. The van der Waals surface area contributed by atoms with E-state index in [9.17, 15) is 9.59 Å². The zero-order valence-corrected chi connectivity index (χ0v) is 22.9. The van der Waals surface area contributed by atoms with Gasteiger partial charge in [0.2, 0.25) is 0 Å². The fraction of sp³-hybridized carbons (Fsp3) is 0.414. The molecular weight excluding hydrogens is 484 g/mol. The molecule has 1 aliphatic heterocycles. The molecule has 0 aliphatic carbocycles. The Balaban J connectivity index is 1.64. The highest BCUT2D eigenvalue weighted by atomic mass is 16.6. The van der Waals surface area contributed by atoms with E-state index in [1.165, 1.54) is 0 Å². The number of rotatable bonds is 6. The summed E-state index contributed by atoms with van der Waals surface area (Å²) in [5, 5.41) is 7.60. The maximum Gasteiger partial charge on any atom is 0.410 e. The molecule has 0 spiro atoms. The third kappa shape index (κ3) is 6.10. The van der Waals surface area contributed by atoms with Gasteiger partial charge in [-0.1, -0.05) is 17.7 Å². The van der Waals surface area contributed by atoms with Gasteiger partial charge in [-0.3, -0.25) is 4.79 Å². The van der Waals surface area contributed by atoms with E-state index in [4.69, 9.17) is 14.2 Å². The first-order valence-corrected chi connectivity index (χ1v) is 12.8. The van der Waals surface area contributed by atoms with Gasteiger partial charge in [-0.05, 0) is 64.8 Å². The second-order valence-electron chi connectivity index (χ2n) is 10.5. The number of nitrogens with zero attached hydrogens (tertiary/aromatic N) is 3. The standard InChI is InChI=1S/C29H36N4O5/c1-19-7-9-21(10-8-19)33-26(20-13-15-32(16-14-20)28(35)38-29(2,3)4)23(18-30-33)27(34)31-24-17-22(36-5)11-12-25(24)37-6/h7-12,17-18,20H,13-16H2,1-6H3,(H,31,34). The number of anilines is 1. The minimum absolute atomic E-state index is 0.0189. The van der Waals surface area contributed by atoms with Gasteiger partial charge in [0.1, 0.15) is 17.1 Å². The number of aromatic nitrogens is 2. The molecule has 38 heavy (non-hydrogen) atoms. The lowest BCUT2D eigenvalue weighted by Crippen LogP contribution is -2.41. The maximum atomic E-state index is 13.6. The van der Waals surface area contributed by atoms with Crippen molar-refractivity contribution in [3.63, 3.8) is 0 Å². The number of carbonyl (C=O) groups is 2. The number of benzene rings is 2. The van der Waals surface area contributed by atoms with Gasteiger partial charge in [0.15, 0.2) is 0 Å². The monoisotopic (exact) mass is 520 g/mol. The van der Waals surface area contributed by atoms with Gasteiger partial charge in [-0.15, -0.1) is 0 Å². The predicted octanol–water partition coefficient (Wildman–Crippen LogP) is 5.56. The van der Waals surface area contributed by atoms with Crippen molar-refractivity contribution in [1.29, 1.82) is 0 Å². The van der Waals surface area contributed by atoms with Crippen LogP contribution in [-0.2, 0) is 4.74 Å². The van der Waals surface area contributed by atoms with E-state index in [1.807, 2.05) is 56.6 Å². The van der Waals surface area contributed by atoms with Gasteiger partial charge in [0, 0.05) is 25.1 Å². The van der Waals surface area contributed by atoms with Crippen molar-refractivity contribution in [2.75, 3.05) is 32.6 Å². The van der Waals surface area contributed by atoms with Crippen molar-refractivity contribution in [2.45, 2.75) is 52.1 Å². The molecule has 1 saturated heterocycles. The number of likely N-dealkylation sites (tertiary alicyclic amines) is 1. The minimum atomic E-state index is -0.551. The van der Waals surface area contributed by atoms with Crippen molar-refractivity contribution in [2.24, 2.45) is 0 Å². The summed E-state index contributed by atoms with van der Waals surface area (Å²) in [6.45, 7) is 8.67. The third-order valence-electron chi connectivity index (χ3n) is 6.52. The number of hydrogen-bond acceptors (Lipinski definition) is 6. The summed E-state index contributed by atoms with van der Waals surface area (Å²) < 4.78 is 18.2. The van der Waals surface area contributed by atoms with Crippen LogP contribution in [0.15, 0.2) is 48.7 Å². The first kappa shape index (κ1) is 27.0. The van der Waals surface area contributed by atoms with Crippen molar-refractivity contribution in [3.8, 4) is 17.2 Å². The molecule has 0 atom stereocenters. The summed E-state index contributed by atoms with van der Waals surface area (Å²) in [6.07, 6.45) is 2.65. The summed E-state index contributed by atoms with van der Waals surface area (Å²) in [5.74, 6) is 0.855. The number of aryl methyl sites for hydroxylation is 1. The molecule has 1 aliphatic rings. The van der Waals surface area contributed by atoms with Gasteiger partial charge in [0.25, 0.3) is 5.91 Å². The SMILES string of the molecule is COc1ccc(OC)c(NC(=O)c2cnn(-c3ccc(C)cc3)c2C2CCN(C(=O)OC(C)(C)C)CC2)c1. The summed E-state index contributed by atoms with van der Waals surface area (Å²) in [5.41, 5.74) is 3.26. The van der Waals surface area contributed by atoms with Crippen LogP contribution in [0.5, 0.6) is 11.5 Å². The van der Waals surface area contributed by atoms with Crippen LogP contribution in [0.25, 0.3) is 5.69 Å². The first-order chi connectivity index (χ1) is 18.1. The molecule has 1 fully saturated rings. The molecule has 2 amide bonds. The highest BCUT2D eigenvalue weighted by Crippen LogP contribution is 2.34. The van der Waals surface area contributed by atoms with Crippen molar-refractivity contribution < 1.29 is 23.8 Å². The van der Waals surface area contributed by atoms with E-state index in [1.54, 1.807) is 43.5 Å². The van der Waals surface area contributed by atoms with E-state index in [0.717, 1.165) is 16.9 Å². The first-order valence-electron chi connectivity index (χ1n) is 12.8. The molecule has 2 heterocycles. The Hall–Kier alpha value is -4.01. The molecule has 1 N–H and O–H groups in total. The van der Waals surface area contributed by atoms with E-state index in [2.05, 4.69) is 10.4 Å². The Kier molecular flexibility index (Phi) is 7.94. The number of carbonyl (C=O) groups excluding carboxylic acids is 2. The quantitative estimate of drug-likeness (QED) is 0.457. The normalized spacial score (nSPS) is 14.2. The van der Waals surface area contributed by atoms with E-state index >= 15 is 0 Å². The number of ether oxygens (including phenoxy) is 3. The maximum absolute atomic E-state index is 13.6. The highest BCUT2D eigenvalue weighted by Gasteiger charge is 2.32. The average molecular weight is 521 g/mol. The molecule has 1 aromatic heterocycles. The Morgan fingerprint density at radius 3 is 2.29 bits per heavy atom. The molecule has 2 aromatic carbocycles. The molecule has 9 nitrogen and oxygen atoms in total. The zero-order valence-electron chi connectivity index (χ0n) is 22.9. The minimum Gasteiger partial charge on any atom is -0.497 e. The molecule has 3 aromatic rings. The van der Waals surface area contributed by atoms with Gasteiger partial charge in [0.05, 0.1) is 43.0 Å². The third-order valence-corrected chi connectivity index (χ3v) is 6.52. The van der Waals surface area contributed by atoms with Gasteiger partial charge in [-0.25, -0.2) is 9.48 Å². The Bertz CT molecular complexity index is 1290. The largest absolute Gasteiger partial charge is 0.497 e. The molecular formula is C29H36N4O5. The number of methoxy groups -OCH3 is 2. The molecule has 4 rings (SSSR count). The Labute approximate surface area is 223 Å². The smallest absolute Gasteiger partial charge is 0.410 e. The predicted molar refractivity (Wildman–Crippen MR) is 146 cm³/mol. The van der Waals surface area contributed by atoms with Crippen LogP contribution >= 0.6 is 0 Å². The number of nitrogens with one attached hydrogen (secondary N) is 1. The Morgan fingerprint density at radius 2 is 1.68 bits per heavy atom. The second-order valence-corrected chi connectivity index (χ2v) is 10.5. The summed E-state index contributed by atoms with van der Waals surface area (Å²) in [6, 6.07) is 13.3. The van der Waals surface area contributed by atoms with Crippen molar-refractivity contribution in [1.82, 2.24) is 14.7 Å². The number of piperidine rings is 1. The van der Waals surface area contributed by atoms with E-state index in [-0.39, 0.29) is 17.9 Å². The molecule has 9 heteroatoms. The van der Waals surface area contributed by atoms with Crippen LogP contribution in [-0.4, -0.2) is 59.6 Å². The lowest BCUT2D eigenvalue weighted by molar-refractivity contribution is 0.0203. The van der Waals surface area contributed by atoms with Crippen molar-refractivity contribution >= 4 is 17.7 Å². The summed E-state index contributed by atoms with van der Waals surface area (Å²) >= 11 is 0. The fourth-order valence-corrected chi connectivity index (χ4v) is 4.58. The molecule has 0 saturated carbocycles. The molecule has 0 bridgehead atoms. The Morgan fingerprint density at radius 1 is 1.00 bits per heavy atom. The number of hydrogen-bond donors (Lipinski definition) is 1. The zero-order chi connectivity index (χ0) is 27.4. The molecule has 0 unspecified atom stereocenters. The van der Waals surface area contributed by atoms with E-state index < -0.39 is 5.60 Å². The van der Waals surface area contributed by atoms with Crippen LogP contribution in [0.1, 0.15) is 61.1 Å². The van der Waals surface area contributed by atoms with Crippen LogP contribution in [0.4, 0.5) is 10.5 Å². The number of amides is 2. The van der Waals surface area contributed by atoms with Crippen molar-refractivity contribution in [3.05, 3.63) is 65.5 Å². The van der Waals surface area contributed by atoms with Gasteiger partial charge >= 0.3 is 6.09 Å². The topological polar surface area (TPSA) is 94.9 Å².